The van der Waals surface area contributed by atoms with Crippen molar-refractivity contribution in [3.8, 4) is 11.1 Å². The molecule has 2 rings (SSSR count). The molecule has 0 fully saturated rings. The first-order chi connectivity index (χ1) is 8.11. The lowest BCUT2D eigenvalue weighted by atomic mass is 9.96. The molecule has 0 bridgehead atoms. The topological polar surface area (TPSA) is 17.1 Å². The van der Waals surface area contributed by atoms with E-state index >= 15 is 0 Å². The van der Waals surface area contributed by atoms with Gasteiger partial charge >= 0.3 is 0 Å². The molecule has 0 radical (unpaired) electrons. The smallest absolute Gasteiger partial charge is 0.160 e. The Labute approximate surface area is 99.9 Å². The maximum absolute atomic E-state index is 14.0. The normalized spacial score (nSPS) is 10.3. The van der Waals surface area contributed by atoms with E-state index in [4.69, 9.17) is 0 Å². The summed E-state index contributed by atoms with van der Waals surface area (Å²) in [5, 5.41) is 0. The van der Waals surface area contributed by atoms with Crippen LogP contribution >= 0.6 is 0 Å². The number of halogens is 1. The highest BCUT2D eigenvalue weighted by molar-refractivity contribution is 6.00. The van der Waals surface area contributed by atoms with E-state index in [2.05, 4.69) is 0 Å². The van der Waals surface area contributed by atoms with Gasteiger partial charge in [-0.3, -0.25) is 4.79 Å². The Balaban J connectivity index is 2.69. The molecule has 0 saturated heterocycles. The molecule has 17 heavy (non-hydrogen) atoms. The van der Waals surface area contributed by atoms with Crippen molar-refractivity contribution >= 4 is 5.78 Å². The molecule has 0 aromatic heterocycles. The van der Waals surface area contributed by atoms with Crippen molar-refractivity contribution in [1.29, 1.82) is 0 Å². The quantitative estimate of drug-likeness (QED) is 0.710. The van der Waals surface area contributed by atoms with Crippen molar-refractivity contribution < 1.29 is 9.18 Å². The second-order valence-corrected chi connectivity index (χ2v) is 4.04. The number of hydrogen-bond donors (Lipinski definition) is 0. The molecule has 0 saturated carbocycles. The molecule has 1 nitrogen and oxygen atoms in total. The first kappa shape index (κ1) is 11.5. The molecule has 0 atom stereocenters. The molecule has 0 aliphatic heterocycles. The van der Waals surface area contributed by atoms with E-state index in [9.17, 15) is 9.18 Å². The van der Waals surface area contributed by atoms with Gasteiger partial charge in [-0.2, -0.15) is 0 Å². The number of rotatable bonds is 2. The molecular weight excluding hydrogens is 215 g/mol. The highest BCUT2D eigenvalue weighted by atomic mass is 19.1. The SMILES string of the molecule is CC(=O)c1ccccc1-c1cccc(C)c1F. The lowest BCUT2D eigenvalue weighted by Gasteiger charge is -2.09. The van der Waals surface area contributed by atoms with Gasteiger partial charge in [0, 0.05) is 11.1 Å². The van der Waals surface area contributed by atoms with Gasteiger partial charge in [0.2, 0.25) is 0 Å². The molecule has 0 spiro atoms. The van der Waals surface area contributed by atoms with Crippen molar-refractivity contribution in [3.63, 3.8) is 0 Å². The summed E-state index contributed by atoms with van der Waals surface area (Å²) in [5.74, 6) is -0.317. The molecule has 0 unspecified atom stereocenters. The zero-order chi connectivity index (χ0) is 12.4. The summed E-state index contributed by atoms with van der Waals surface area (Å²) >= 11 is 0. The van der Waals surface area contributed by atoms with Gasteiger partial charge in [0.1, 0.15) is 5.82 Å². The van der Waals surface area contributed by atoms with Crippen LogP contribution in [0.2, 0.25) is 0 Å². The molecule has 2 aromatic carbocycles. The minimum Gasteiger partial charge on any atom is -0.294 e. The predicted octanol–water partition coefficient (Wildman–Crippen LogP) is 4.00. The van der Waals surface area contributed by atoms with Gasteiger partial charge in [-0.1, -0.05) is 42.5 Å². The standard InChI is InChI=1S/C15H13FO/c1-10-6-5-9-14(15(10)16)13-8-4-3-7-12(13)11(2)17/h3-9H,1-2H3. The van der Waals surface area contributed by atoms with Gasteiger partial charge in [-0.05, 0) is 25.0 Å². The van der Waals surface area contributed by atoms with Crippen LogP contribution in [0.3, 0.4) is 0 Å². The number of hydrogen-bond acceptors (Lipinski definition) is 1. The Morgan fingerprint density at radius 2 is 1.65 bits per heavy atom. The average Bonchev–Trinajstić information content (AvgIpc) is 2.33. The number of ketones is 1. The Hall–Kier alpha value is -1.96. The fourth-order valence-corrected chi connectivity index (χ4v) is 1.88. The van der Waals surface area contributed by atoms with E-state index in [0.29, 0.717) is 22.3 Å². The monoisotopic (exact) mass is 228 g/mol. The van der Waals surface area contributed by atoms with E-state index in [1.54, 1.807) is 43.3 Å². The highest BCUT2D eigenvalue weighted by Crippen LogP contribution is 2.28. The van der Waals surface area contributed by atoms with E-state index in [-0.39, 0.29) is 11.6 Å². The summed E-state index contributed by atoms with van der Waals surface area (Å²) in [6, 6.07) is 12.3. The highest BCUT2D eigenvalue weighted by Gasteiger charge is 2.12. The summed E-state index contributed by atoms with van der Waals surface area (Å²) in [4.78, 5) is 11.5. The zero-order valence-corrected chi connectivity index (χ0v) is 9.83. The fraction of sp³-hybridized carbons (Fsp3) is 0.133. The lowest BCUT2D eigenvalue weighted by molar-refractivity contribution is 0.101. The second kappa shape index (κ2) is 4.50. The molecule has 0 heterocycles. The number of carbonyl (C=O) groups excluding carboxylic acids is 1. The maximum Gasteiger partial charge on any atom is 0.160 e. The first-order valence-corrected chi connectivity index (χ1v) is 5.46. The van der Waals surface area contributed by atoms with Crippen LogP contribution in [0.1, 0.15) is 22.8 Å². The maximum atomic E-state index is 14.0. The fourth-order valence-electron chi connectivity index (χ4n) is 1.88. The van der Waals surface area contributed by atoms with Crippen LogP contribution in [-0.4, -0.2) is 5.78 Å². The van der Waals surface area contributed by atoms with Gasteiger partial charge in [0.15, 0.2) is 5.78 Å². The summed E-state index contributed by atoms with van der Waals surface area (Å²) in [6.07, 6.45) is 0. The Kier molecular flexibility index (Phi) is 3.05. The molecule has 0 aliphatic rings. The van der Waals surface area contributed by atoms with E-state index in [1.165, 1.54) is 6.92 Å². The second-order valence-electron chi connectivity index (χ2n) is 4.04. The van der Waals surface area contributed by atoms with Gasteiger partial charge in [-0.25, -0.2) is 4.39 Å². The van der Waals surface area contributed by atoms with Gasteiger partial charge in [0.05, 0.1) is 0 Å². The number of aryl methyl sites for hydroxylation is 1. The van der Waals surface area contributed by atoms with Crippen LogP contribution in [0.25, 0.3) is 11.1 Å². The minimum atomic E-state index is -0.263. The molecule has 0 amide bonds. The van der Waals surface area contributed by atoms with Crippen LogP contribution in [0, 0.1) is 12.7 Å². The molecule has 0 N–H and O–H groups in total. The Morgan fingerprint density at radius 1 is 1.00 bits per heavy atom. The third kappa shape index (κ3) is 2.11. The Morgan fingerprint density at radius 3 is 2.35 bits per heavy atom. The van der Waals surface area contributed by atoms with Gasteiger partial charge < -0.3 is 0 Å². The molecule has 2 heteroatoms. The van der Waals surface area contributed by atoms with Crippen LogP contribution in [-0.2, 0) is 0 Å². The Bertz CT molecular complexity index is 573. The van der Waals surface area contributed by atoms with E-state index in [0.717, 1.165) is 0 Å². The number of Topliss-reactive ketones (excluding diaryl/α,β-unsaturated/α-hetero) is 1. The minimum absolute atomic E-state index is 0.0542. The zero-order valence-electron chi connectivity index (χ0n) is 9.83. The molecule has 2 aromatic rings. The predicted molar refractivity (Wildman–Crippen MR) is 66.6 cm³/mol. The lowest BCUT2D eigenvalue weighted by Crippen LogP contribution is -1.97. The third-order valence-corrected chi connectivity index (χ3v) is 2.79. The van der Waals surface area contributed by atoms with Crippen LogP contribution < -0.4 is 0 Å². The third-order valence-electron chi connectivity index (χ3n) is 2.79. The number of carbonyl (C=O) groups is 1. The van der Waals surface area contributed by atoms with Gasteiger partial charge in [-0.15, -0.1) is 0 Å². The van der Waals surface area contributed by atoms with Crippen LogP contribution in [0.4, 0.5) is 4.39 Å². The van der Waals surface area contributed by atoms with Crippen molar-refractivity contribution in [3.05, 3.63) is 59.4 Å². The first-order valence-electron chi connectivity index (χ1n) is 5.46. The molecule has 86 valence electrons. The summed E-state index contributed by atoms with van der Waals surface area (Å²) < 4.78 is 14.0. The number of benzene rings is 2. The van der Waals surface area contributed by atoms with Crippen molar-refractivity contribution in [2.45, 2.75) is 13.8 Å². The van der Waals surface area contributed by atoms with E-state index in [1.807, 2.05) is 6.07 Å². The summed E-state index contributed by atoms with van der Waals surface area (Å²) in [7, 11) is 0. The molecule has 0 aliphatic carbocycles. The average molecular weight is 228 g/mol. The van der Waals surface area contributed by atoms with E-state index < -0.39 is 0 Å². The van der Waals surface area contributed by atoms with Crippen molar-refractivity contribution in [1.82, 2.24) is 0 Å². The largest absolute Gasteiger partial charge is 0.294 e. The van der Waals surface area contributed by atoms with Crippen molar-refractivity contribution in [2.75, 3.05) is 0 Å². The summed E-state index contributed by atoms with van der Waals surface area (Å²) in [5.41, 5.74) is 2.27. The van der Waals surface area contributed by atoms with Gasteiger partial charge in [0.25, 0.3) is 0 Å². The van der Waals surface area contributed by atoms with Crippen LogP contribution in [0.5, 0.6) is 0 Å². The van der Waals surface area contributed by atoms with Crippen molar-refractivity contribution in [2.24, 2.45) is 0 Å². The summed E-state index contributed by atoms with van der Waals surface area (Å²) in [6.45, 7) is 3.21. The molecular formula is C15H13FO. The van der Waals surface area contributed by atoms with Crippen LogP contribution in [0.15, 0.2) is 42.5 Å².